The Bertz CT molecular complexity index is 539. The van der Waals surface area contributed by atoms with Gasteiger partial charge in [-0.05, 0) is 43.5 Å². The fourth-order valence-electron chi connectivity index (χ4n) is 1.89. The van der Waals surface area contributed by atoms with Crippen LogP contribution in [0.2, 0.25) is 0 Å². The molecule has 0 spiro atoms. The van der Waals surface area contributed by atoms with Crippen molar-refractivity contribution < 1.29 is 13.2 Å². The van der Waals surface area contributed by atoms with Gasteiger partial charge in [0.25, 0.3) is 0 Å². The molecule has 102 valence electrons. The van der Waals surface area contributed by atoms with Gasteiger partial charge in [-0.15, -0.1) is 0 Å². The van der Waals surface area contributed by atoms with Crippen molar-refractivity contribution in [3.05, 3.63) is 22.8 Å². The highest BCUT2D eigenvalue weighted by Crippen LogP contribution is 2.30. The van der Waals surface area contributed by atoms with Gasteiger partial charge in [0.1, 0.15) is 5.75 Å². The van der Waals surface area contributed by atoms with E-state index in [1.54, 1.807) is 20.1 Å². The van der Waals surface area contributed by atoms with Crippen LogP contribution in [0.25, 0.3) is 0 Å². The molecule has 0 unspecified atom stereocenters. The molecule has 3 N–H and O–H groups in total. The highest BCUT2D eigenvalue weighted by molar-refractivity contribution is 7.89. The first-order valence-electron chi connectivity index (χ1n) is 5.69. The number of nitrogens with two attached hydrogens (primary N) is 1. The summed E-state index contributed by atoms with van der Waals surface area (Å²) in [6, 6.07) is 1.63. The lowest BCUT2D eigenvalue weighted by molar-refractivity contribution is 0.407. The summed E-state index contributed by atoms with van der Waals surface area (Å²) in [5.74, 6) is 0.727. The summed E-state index contributed by atoms with van der Waals surface area (Å²) in [6.07, 6.45) is 0. The van der Waals surface area contributed by atoms with Gasteiger partial charge in [0.05, 0.1) is 12.0 Å². The summed E-state index contributed by atoms with van der Waals surface area (Å²) >= 11 is 0. The highest BCUT2D eigenvalue weighted by atomic mass is 32.2. The van der Waals surface area contributed by atoms with Crippen LogP contribution >= 0.6 is 0 Å². The van der Waals surface area contributed by atoms with Gasteiger partial charge in [-0.1, -0.05) is 0 Å². The van der Waals surface area contributed by atoms with E-state index in [4.69, 9.17) is 10.5 Å². The number of ether oxygens (including phenoxy) is 1. The maximum Gasteiger partial charge on any atom is 0.240 e. The van der Waals surface area contributed by atoms with Crippen molar-refractivity contribution in [2.45, 2.75) is 25.7 Å². The third-order valence-electron chi connectivity index (χ3n) is 2.91. The SMILES string of the molecule is COc1c(C)cc(S(=O)(=O)NCCN)c(C)c1C. The van der Waals surface area contributed by atoms with Gasteiger partial charge in [-0.3, -0.25) is 0 Å². The van der Waals surface area contributed by atoms with E-state index < -0.39 is 10.0 Å². The van der Waals surface area contributed by atoms with Crippen LogP contribution in [0.5, 0.6) is 5.75 Å². The van der Waals surface area contributed by atoms with Crippen molar-refractivity contribution in [2.24, 2.45) is 5.73 Å². The van der Waals surface area contributed by atoms with Gasteiger partial charge in [0, 0.05) is 13.1 Å². The second kappa shape index (κ2) is 5.69. The summed E-state index contributed by atoms with van der Waals surface area (Å²) in [4.78, 5) is 0.284. The van der Waals surface area contributed by atoms with Crippen molar-refractivity contribution in [1.29, 1.82) is 0 Å². The van der Waals surface area contributed by atoms with Crippen molar-refractivity contribution in [1.82, 2.24) is 4.72 Å². The minimum Gasteiger partial charge on any atom is -0.496 e. The second-order valence-electron chi connectivity index (χ2n) is 4.16. The predicted octanol–water partition coefficient (Wildman–Crippen LogP) is 0.857. The predicted molar refractivity (Wildman–Crippen MR) is 71.4 cm³/mol. The van der Waals surface area contributed by atoms with Crippen molar-refractivity contribution in [2.75, 3.05) is 20.2 Å². The topological polar surface area (TPSA) is 81.4 Å². The Labute approximate surface area is 108 Å². The third kappa shape index (κ3) is 2.82. The summed E-state index contributed by atoms with van der Waals surface area (Å²) in [5, 5.41) is 0. The summed E-state index contributed by atoms with van der Waals surface area (Å²) < 4.78 is 32.0. The molecule has 0 radical (unpaired) electrons. The van der Waals surface area contributed by atoms with Gasteiger partial charge in [-0.25, -0.2) is 13.1 Å². The molecule has 5 nitrogen and oxygen atoms in total. The number of rotatable bonds is 5. The van der Waals surface area contributed by atoms with Crippen LogP contribution < -0.4 is 15.2 Å². The third-order valence-corrected chi connectivity index (χ3v) is 4.50. The molecule has 1 aromatic carbocycles. The monoisotopic (exact) mass is 272 g/mol. The summed E-state index contributed by atoms with van der Waals surface area (Å²) in [5.41, 5.74) is 7.64. The fraction of sp³-hybridized carbons (Fsp3) is 0.500. The minimum atomic E-state index is -3.51. The van der Waals surface area contributed by atoms with E-state index in [1.165, 1.54) is 0 Å². The molecular formula is C12H20N2O3S. The number of benzene rings is 1. The Morgan fingerprint density at radius 3 is 2.39 bits per heavy atom. The average Bonchev–Trinajstić information content (AvgIpc) is 2.32. The number of hydrogen-bond acceptors (Lipinski definition) is 4. The molecule has 0 saturated heterocycles. The fourth-order valence-corrected chi connectivity index (χ4v) is 3.32. The zero-order valence-electron chi connectivity index (χ0n) is 11.2. The first kappa shape index (κ1) is 14.9. The highest BCUT2D eigenvalue weighted by Gasteiger charge is 2.20. The van der Waals surface area contributed by atoms with E-state index in [1.807, 2.05) is 13.8 Å². The van der Waals surface area contributed by atoms with Crippen molar-refractivity contribution in [3.8, 4) is 5.75 Å². The number of methoxy groups -OCH3 is 1. The molecule has 0 heterocycles. The van der Waals surface area contributed by atoms with Crippen molar-refractivity contribution in [3.63, 3.8) is 0 Å². The lowest BCUT2D eigenvalue weighted by Crippen LogP contribution is -2.29. The van der Waals surface area contributed by atoms with Gasteiger partial charge in [0.15, 0.2) is 0 Å². The van der Waals surface area contributed by atoms with Crippen LogP contribution in [0.3, 0.4) is 0 Å². The van der Waals surface area contributed by atoms with Crippen LogP contribution in [0.15, 0.2) is 11.0 Å². The van der Waals surface area contributed by atoms with E-state index in [0.717, 1.165) is 16.9 Å². The molecule has 6 heteroatoms. The van der Waals surface area contributed by atoms with Gasteiger partial charge >= 0.3 is 0 Å². The lowest BCUT2D eigenvalue weighted by atomic mass is 10.1. The Balaban J connectivity index is 3.35. The standard InChI is InChI=1S/C12H20N2O3S/c1-8-7-11(18(15,16)14-6-5-13)9(2)10(3)12(8)17-4/h7,14H,5-6,13H2,1-4H3. The zero-order valence-corrected chi connectivity index (χ0v) is 12.0. The molecule has 0 aliphatic carbocycles. The molecule has 0 saturated carbocycles. The average molecular weight is 272 g/mol. The van der Waals surface area contributed by atoms with Crippen LogP contribution in [0, 0.1) is 20.8 Å². The Hall–Kier alpha value is -1.11. The van der Waals surface area contributed by atoms with E-state index in [0.29, 0.717) is 5.56 Å². The molecule has 0 aromatic heterocycles. The normalized spacial score (nSPS) is 11.6. The zero-order chi connectivity index (χ0) is 13.9. The van der Waals surface area contributed by atoms with Crippen LogP contribution in [0.1, 0.15) is 16.7 Å². The molecule has 0 aliphatic heterocycles. The number of hydrogen-bond donors (Lipinski definition) is 2. The minimum absolute atomic E-state index is 0.228. The Morgan fingerprint density at radius 2 is 1.89 bits per heavy atom. The van der Waals surface area contributed by atoms with E-state index in [-0.39, 0.29) is 18.0 Å². The molecule has 0 bridgehead atoms. The van der Waals surface area contributed by atoms with E-state index in [2.05, 4.69) is 4.72 Å². The maximum atomic E-state index is 12.1. The Kier molecular flexibility index (Phi) is 4.72. The van der Waals surface area contributed by atoms with Crippen molar-refractivity contribution >= 4 is 10.0 Å². The van der Waals surface area contributed by atoms with Crippen LogP contribution in [-0.2, 0) is 10.0 Å². The van der Waals surface area contributed by atoms with Gasteiger partial charge in [0.2, 0.25) is 10.0 Å². The number of sulfonamides is 1. The van der Waals surface area contributed by atoms with Gasteiger partial charge in [-0.2, -0.15) is 0 Å². The molecule has 0 atom stereocenters. The first-order valence-corrected chi connectivity index (χ1v) is 7.18. The molecule has 0 fully saturated rings. The molecule has 1 aromatic rings. The van der Waals surface area contributed by atoms with Crippen LogP contribution in [0.4, 0.5) is 0 Å². The summed E-state index contributed by atoms with van der Waals surface area (Å²) in [6.45, 7) is 5.95. The molecule has 0 aliphatic rings. The quantitative estimate of drug-likeness (QED) is 0.833. The second-order valence-corrected chi connectivity index (χ2v) is 5.90. The molecule has 1 rings (SSSR count). The lowest BCUT2D eigenvalue weighted by Gasteiger charge is -2.16. The molecular weight excluding hydrogens is 252 g/mol. The summed E-state index contributed by atoms with van der Waals surface area (Å²) in [7, 11) is -1.93. The van der Waals surface area contributed by atoms with Crippen LogP contribution in [-0.4, -0.2) is 28.6 Å². The smallest absolute Gasteiger partial charge is 0.240 e. The molecule has 0 amide bonds. The largest absolute Gasteiger partial charge is 0.496 e. The Morgan fingerprint density at radius 1 is 1.28 bits per heavy atom. The van der Waals surface area contributed by atoms with E-state index >= 15 is 0 Å². The van der Waals surface area contributed by atoms with E-state index in [9.17, 15) is 8.42 Å². The number of nitrogens with one attached hydrogen (secondary N) is 1. The first-order chi connectivity index (χ1) is 8.35. The molecule has 18 heavy (non-hydrogen) atoms. The van der Waals surface area contributed by atoms with Gasteiger partial charge < -0.3 is 10.5 Å². The number of aryl methyl sites for hydroxylation is 1. The maximum absolute atomic E-state index is 12.1.